The van der Waals surface area contributed by atoms with Gasteiger partial charge in [-0.25, -0.2) is 0 Å². The van der Waals surface area contributed by atoms with Gasteiger partial charge in [-0.3, -0.25) is 14.3 Å². The number of piperidine rings is 2. The van der Waals surface area contributed by atoms with Crippen LogP contribution in [0.15, 0.2) is 18.5 Å². The molecule has 7 nitrogen and oxygen atoms in total. The Bertz CT molecular complexity index is 601. The first kappa shape index (κ1) is 20.7. The van der Waals surface area contributed by atoms with Gasteiger partial charge in [-0.1, -0.05) is 0 Å². The summed E-state index contributed by atoms with van der Waals surface area (Å²) in [5, 5.41) is 10.6. The highest BCUT2D eigenvalue weighted by Crippen LogP contribution is 2.27. The molecule has 0 bridgehead atoms. The van der Waals surface area contributed by atoms with Gasteiger partial charge in [0.2, 0.25) is 11.8 Å². The van der Waals surface area contributed by atoms with Crippen molar-refractivity contribution in [1.82, 2.24) is 25.3 Å². The summed E-state index contributed by atoms with van der Waals surface area (Å²) in [5.41, 5.74) is -0.712. The first-order chi connectivity index (χ1) is 12.0. The van der Waals surface area contributed by atoms with Crippen LogP contribution in [0.1, 0.15) is 46.0 Å². The van der Waals surface area contributed by atoms with Crippen molar-refractivity contribution in [2.24, 2.45) is 0 Å². The third-order valence-electron chi connectivity index (χ3n) is 5.60. The summed E-state index contributed by atoms with van der Waals surface area (Å²) >= 11 is 0. The molecule has 2 N–H and O–H groups in total. The summed E-state index contributed by atoms with van der Waals surface area (Å²) in [6.07, 6.45) is 8.12. The van der Waals surface area contributed by atoms with E-state index in [0.29, 0.717) is 12.8 Å². The molecule has 8 heteroatoms. The maximum atomic E-state index is 13.1. The maximum absolute atomic E-state index is 13.1. The highest BCUT2D eigenvalue weighted by molar-refractivity contribution is 5.91. The minimum absolute atomic E-state index is 0. The van der Waals surface area contributed by atoms with Crippen molar-refractivity contribution in [3.8, 4) is 0 Å². The zero-order chi connectivity index (χ0) is 17.9. The van der Waals surface area contributed by atoms with Gasteiger partial charge in [0.1, 0.15) is 11.6 Å². The van der Waals surface area contributed by atoms with Gasteiger partial charge in [0.15, 0.2) is 0 Å². The lowest BCUT2D eigenvalue weighted by atomic mass is 9.87. The fraction of sp³-hybridized carbons (Fsp3) is 0.722. The lowest BCUT2D eigenvalue weighted by Crippen LogP contribution is -2.59. The van der Waals surface area contributed by atoms with Crippen molar-refractivity contribution in [3.05, 3.63) is 18.5 Å². The highest BCUT2D eigenvalue weighted by atomic mass is 35.5. The van der Waals surface area contributed by atoms with E-state index in [1.54, 1.807) is 17.8 Å². The van der Waals surface area contributed by atoms with Crippen LogP contribution in [-0.2, 0) is 15.1 Å². The molecule has 0 aliphatic carbocycles. The van der Waals surface area contributed by atoms with E-state index in [4.69, 9.17) is 0 Å². The number of rotatable bonds is 4. The molecule has 26 heavy (non-hydrogen) atoms. The van der Waals surface area contributed by atoms with Crippen molar-refractivity contribution in [3.63, 3.8) is 0 Å². The van der Waals surface area contributed by atoms with Crippen LogP contribution in [-0.4, -0.2) is 58.2 Å². The molecule has 0 saturated carbocycles. The van der Waals surface area contributed by atoms with Crippen LogP contribution in [0, 0.1) is 0 Å². The molecule has 2 aliphatic heterocycles. The second kappa shape index (κ2) is 8.86. The molecule has 0 spiro atoms. The molecule has 3 heterocycles. The Balaban J connectivity index is 0.00000243. The van der Waals surface area contributed by atoms with Gasteiger partial charge >= 0.3 is 0 Å². The number of amides is 2. The van der Waals surface area contributed by atoms with Gasteiger partial charge in [0.05, 0.1) is 0 Å². The fourth-order valence-corrected chi connectivity index (χ4v) is 3.99. The molecular formula is C18H30ClN5O2. The first-order valence-electron chi connectivity index (χ1n) is 9.37. The number of likely N-dealkylation sites (tertiary alicyclic amines) is 1. The third-order valence-corrected chi connectivity index (χ3v) is 5.60. The zero-order valence-electron chi connectivity index (χ0n) is 15.6. The molecule has 146 valence electrons. The number of hydrogen-bond donors (Lipinski definition) is 2. The van der Waals surface area contributed by atoms with E-state index in [0.717, 1.165) is 32.5 Å². The second-order valence-corrected chi connectivity index (χ2v) is 7.30. The highest BCUT2D eigenvalue weighted by Gasteiger charge is 2.43. The van der Waals surface area contributed by atoms with Crippen LogP contribution in [0.25, 0.3) is 0 Å². The average molecular weight is 384 g/mol. The monoisotopic (exact) mass is 383 g/mol. The van der Waals surface area contributed by atoms with Crippen molar-refractivity contribution < 1.29 is 9.59 Å². The largest absolute Gasteiger partial charge is 0.342 e. The molecular weight excluding hydrogens is 354 g/mol. The third kappa shape index (κ3) is 4.04. The topological polar surface area (TPSA) is 79.3 Å². The number of carbonyl (C=O) groups excluding carboxylic acids is 2. The number of halogens is 1. The standard InChI is InChI=1S/C18H29N5O2.ClH/c1-14-6-3-4-12-22(14)16(24)15(2)21-17(25)18(7-10-19-11-8-18)23-13-5-9-20-23;/h5,9,13-15,19H,3-4,6-8,10-12H2,1-2H3,(H,21,25);1H. The first-order valence-corrected chi connectivity index (χ1v) is 9.37. The number of nitrogens with zero attached hydrogens (tertiary/aromatic N) is 3. The summed E-state index contributed by atoms with van der Waals surface area (Å²) in [6, 6.07) is 1.57. The van der Waals surface area contributed by atoms with E-state index in [2.05, 4.69) is 22.7 Å². The molecule has 2 saturated heterocycles. The molecule has 0 aromatic carbocycles. The minimum Gasteiger partial charge on any atom is -0.342 e. The Morgan fingerprint density at radius 1 is 1.31 bits per heavy atom. The van der Waals surface area contributed by atoms with Gasteiger partial charge in [-0.2, -0.15) is 5.10 Å². The van der Waals surface area contributed by atoms with Crippen LogP contribution in [0.5, 0.6) is 0 Å². The molecule has 3 rings (SSSR count). The van der Waals surface area contributed by atoms with E-state index >= 15 is 0 Å². The Kier molecular flexibility index (Phi) is 7.06. The molecule has 2 fully saturated rings. The van der Waals surface area contributed by atoms with Crippen LogP contribution in [0.4, 0.5) is 0 Å². The minimum atomic E-state index is -0.712. The number of nitrogens with one attached hydrogen (secondary N) is 2. The van der Waals surface area contributed by atoms with Gasteiger partial charge in [-0.05, 0) is 65.1 Å². The quantitative estimate of drug-likeness (QED) is 0.821. The SMILES string of the molecule is CC(NC(=O)C1(n2cccn2)CCNCC1)C(=O)N1CCCCC1C.Cl. The molecule has 2 aliphatic rings. The van der Waals surface area contributed by atoms with Gasteiger partial charge in [0, 0.05) is 25.0 Å². The Morgan fingerprint density at radius 2 is 2.04 bits per heavy atom. The Hall–Kier alpha value is -1.60. The molecule has 1 aromatic rings. The van der Waals surface area contributed by atoms with Crippen molar-refractivity contribution in [2.45, 2.75) is 63.6 Å². The smallest absolute Gasteiger partial charge is 0.248 e. The van der Waals surface area contributed by atoms with E-state index in [9.17, 15) is 9.59 Å². The van der Waals surface area contributed by atoms with Gasteiger partial charge in [0.25, 0.3) is 0 Å². The van der Waals surface area contributed by atoms with Crippen LogP contribution >= 0.6 is 12.4 Å². The lowest BCUT2D eigenvalue weighted by molar-refractivity contribution is -0.141. The van der Waals surface area contributed by atoms with Crippen LogP contribution in [0.3, 0.4) is 0 Å². The van der Waals surface area contributed by atoms with Crippen molar-refractivity contribution >= 4 is 24.2 Å². The number of hydrogen-bond acceptors (Lipinski definition) is 4. The predicted octanol–water partition coefficient (Wildman–Crippen LogP) is 1.29. The Morgan fingerprint density at radius 3 is 2.65 bits per heavy atom. The number of carbonyl (C=O) groups is 2. The van der Waals surface area contributed by atoms with Crippen molar-refractivity contribution in [1.29, 1.82) is 0 Å². The predicted molar refractivity (Wildman–Crippen MR) is 102 cm³/mol. The normalized spacial score (nSPS) is 23.6. The molecule has 2 atom stereocenters. The fourth-order valence-electron chi connectivity index (χ4n) is 3.99. The summed E-state index contributed by atoms with van der Waals surface area (Å²) in [5.74, 6) is -0.0895. The molecule has 1 aromatic heterocycles. The van der Waals surface area contributed by atoms with E-state index in [-0.39, 0.29) is 30.3 Å². The molecule has 2 unspecified atom stereocenters. The number of aromatic nitrogens is 2. The van der Waals surface area contributed by atoms with E-state index in [1.165, 1.54) is 6.42 Å². The molecule has 0 radical (unpaired) electrons. The second-order valence-electron chi connectivity index (χ2n) is 7.30. The average Bonchev–Trinajstić information content (AvgIpc) is 3.17. The van der Waals surface area contributed by atoms with E-state index < -0.39 is 11.6 Å². The summed E-state index contributed by atoms with van der Waals surface area (Å²) in [4.78, 5) is 27.8. The summed E-state index contributed by atoms with van der Waals surface area (Å²) in [7, 11) is 0. The van der Waals surface area contributed by atoms with E-state index in [1.807, 2.05) is 17.2 Å². The summed E-state index contributed by atoms with van der Waals surface area (Å²) in [6.45, 7) is 6.19. The van der Waals surface area contributed by atoms with Gasteiger partial charge < -0.3 is 15.5 Å². The Labute approximate surface area is 161 Å². The van der Waals surface area contributed by atoms with Gasteiger partial charge in [-0.15, -0.1) is 12.4 Å². The molecule has 2 amide bonds. The zero-order valence-corrected chi connectivity index (χ0v) is 16.4. The summed E-state index contributed by atoms with van der Waals surface area (Å²) < 4.78 is 1.75. The van der Waals surface area contributed by atoms with Crippen LogP contribution < -0.4 is 10.6 Å². The van der Waals surface area contributed by atoms with Crippen LogP contribution in [0.2, 0.25) is 0 Å². The maximum Gasteiger partial charge on any atom is 0.248 e. The lowest BCUT2D eigenvalue weighted by Gasteiger charge is -2.39. The van der Waals surface area contributed by atoms with Crippen molar-refractivity contribution in [2.75, 3.05) is 19.6 Å².